The topological polar surface area (TPSA) is 29.9 Å². The number of halogens is 2. The third kappa shape index (κ3) is 2.53. The van der Waals surface area contributed by atoms with Gasteiger partial charge in [0.2, 0.25) is 0 Å². The van der Waals surface area contributed by atoms with E-state index >= 15 is 0 Å². The van der Waals surface area contributed by atoms with Crippen LogP contribution in [0.3, 0.4) is 0 Å². The van der Waals surface area contributed by atoms with Crippen molar-refractivity contribution in [3.8, 4) is 0 Å². The molecule has 1 aromatic heterocycles. The molecular formula is C16H19BrFN3. The average Bonchev–Trinajstić information content (AvgIpc) is 2.70. The van der Waals surface area contributed by atoms with Gasteiger partial charge in [-0.05, 0) is 40.0 Å². The molecular weight excluding hydrogens is 333 g/mol. The number of hydrogen-bond acceptors (Lipinski definition) is 2. The van der Waals surface area contributed by atoms with Crippen molar-refractivity contribution >= 4 is 15.9 Å². The summed E-state index contributed by atoms with van der Waals surface area (Å²) in [6.45, 7) is 3.94. The largest absolute Gasteiger partial charge is 0.315 e. The van der Waals surface area contributed by atoms with Crippen LogP contribution in [0.25, 0.3) is 0 Å². The molecule has 0 saturated carbocycles. The molecule has 3 nitrogen and oxygen atoms in total. The van der Waals surface area contributed by atoms with Crippen LogP contribution in [0.2, 0.25) is 0 Å². The van der Waals surface area contributed by atoms with Gasteiger partial charge in [-0.3, -0.25) is 4.68 Å². The molecule has 0 atom stereocenters. The Morgan fingerprint density at radius 3 is 2.48 bits per heavy atom. The van der Waals surface area contributed by atoms with E-state index in [1.165, 1.54) is 11.3 Å². The van der Waals surface area contributed by atoms with E-state index in [0.29, 0.717) is 0 Å². The third-order valence-corrected chi connectivity index (χ3v) is 5.31. The molecule has 0 unspecified atom stereocenters. The maximum absolute atomic E-state index is 13.2. The van der Waals surface area contributed by atoms with Gasteiger partial charge in [0.05, 0.1) is 15.9 Å². The van der Waals surface area contributed by atoms with Gasteiger partial charge < -0.3 is 5.32 Å². The molecule has 0 aliphatic carbocycles. The van der Waals surface area contributed by atoms with Crippen LogP contribution < -0.4 is 5.32 Å². The molecule has 0 amide bonds. The zero-order valence-corrected chi connectivity index (χ0v) is 13.9. The van der Waals surface area contributed by atoms with Crippen molar-refractivity contribution in [2.45, 2.75) is 25.2 Å². The molecule has 1 aliphatic heterocycles. The molecule has 3 rings (SSSR count). The highest BCUT2D eigenvalue weighted by Gasteiger charge is 2.40. The van der Waals surface area contributed by atoms with Crippen LogP contribution in [0.4, 0.5) is 4.39 Å². The van der Waals surface area contributed by atoms with Crippen LogP contribution in [0.1, 0.15) is 23.9 Å². The van der Waals surface area contributed by atoms with Crippen molar-refractivity contribution in [2.24, 2.45) is 7.05 Å². The highest BCUT2D eigenvalue weighted by atomic mass is 79.9. The molecule has 2 aromatic rings. The Labute approximate surface area is 132 Å². The molecule has 5 heteroatoms. The molecule has 112 valence electrons. The fraction of sp³-hybridized carbons (Fsp3) is 0.438. The molecule has 1 N–H and O–H groups in total. The lowest BCUT2D eigenvalue weighted by Crippen LogP contribution is -2.58. The Morgan fingerprint density at radius 2 is 2.00 bits per heavy atom. The van der Waals surface area contributed by atoms with Gasteiger partial charge in [-0.2, -0.15) is 5.10 Å². The minimum absolute atomic E-state index is 0.0367. The van der Waals surface area contributed by atoms with Gasteiger partial charge in [0.15, 0.2) is 0 Å². The first kappa shape index (κ1) is 14.7. The summed E-state index contributed by atoms with van der Waals surface area (Å²) in [4.78, 5) is 0. The molecule has 0 radical (unpaired) electrons. The van der Waals surface area contributed by atoms with Crippen molar-refractivity contribution in [3.63, 3.8) is 0 Å². The monoisotopic (exact) mass is 351 g/mol. The second-order valence-corrected chi connectivity index (χ2v) is 6.55. The van der Waals surface area contributed by atoms with Crippen LogP contribution in [-0.4, -0.2) is 22.9 Å². The fourth-order valence-corrected chi connectivity index (χ4v) is 3.75. The summed E-state index contributed by atoms with van der Waals surface area (Å²) in [7, 11) is 1.99. The molecule has 1 fully saturated rings. The summed E-state index contributed by atoms with van der Waals surface area (Å²) in [6, 6.07) is 6.90. The van der Waals surface area contributed by atoms with Crippen molar-refractivity contribution in [3.05, 3.63) is 51.5 Å². The Bertz CT molecular complexity index is 644. The van der Waals surface area contributed by atoms with E-state index in [1.807, 2.05) is 23.9 Å². The normalized spacial score (nSPS) is 16.8. The molecule has 1 aliphatic rings. The fourth-order valence-electron chi connectivity index (χ4n) is 2.99. The number of hydrogen-bond donors (Lipinski definition) is 1. The molecule has 21 heavy (non-hydrogen) atoms. The van der Waals surface area contributed by atoms with Crippen LogP contribution in [0.5, 0.6) is 0 Å². The highest BCUT2D eigenvalue weighted by molar-refractivity contribution is 9.10. The van der Waals surface area contributed by atoms with Crippen LogP contribution in [0, 0.1) is 5.82 Å². The van der Waals surface area contributed by atoms with Gasteiger partial charge in [0, 0.05) is 32.0 Å². The molecule has 0 spiro atoms. The van der Waals surface area contributed by atoms with E-state index in [9.17, 15) is 4.39 Å². The van der Waals surface area contributed by atoms with Crippen molar-refractivity contribution < 1.29 is 4.39 Å². The van der Waals surface area contributed by atoms with Crippen molar-refractivity contribution in [2.75, 3.05) is 13.1 Å². The first-order valence-corrected chi connectivity index (χ1v) is 8.02. The smallest absolute Gasteiger partial charge is 0.123 e. The highest BCUT2D eigenvalue weighted by Crippen LogP contribution is 2.35. The Kier molecular flexibility index (Phi) is 3.88. The van der Waals surface area contributed by atoms with Gasteiger partial charge in [-0.15, -0.1) is 0 Å². The Balaban J connectivity index is 1.95. The SMILES string of the molecule is CCc1nn(C)c(CC2(c3ccc(F)cc3)CNC2)c1Br. The number of rotatable bonds is 4. The first-order valence-electron chi connectivity index (χ1n) is 7.23. The second-order valence-electron chi connectivity index (χ2n) is 5.75. The summed E-state index contributed by atoms with van der Waals surface area (Å²) in [5, 5.41) is 7.92. The van der Waals surface area contributed by atoms with Gasteiger partial charge in [0.25, 0.3) is 0 Å². The van der Waals surface area contributed by atoms with Gasteiger partial charge in [-0.25, -0.2) is 4.39 Å². The number of aromatic nitrogens is 2. The number of aryl methyl sites for hydroxylation is 2. The minimum atomic E-state index is -0.184. The maximum Gasteiger partial charge on any atom is 0.123 e. The average molecular weight is 352 g/mol. The van der Waals surface area contributed by atoms with Crippen LogP contribution in [0.15, 0.2) is 28.7 Å². The number of nitrogens with one attached hydrogen (secondary N) is 1. The van der Waals surface area contributed by atoms with E-state index in [2.05, 4.69) is 33.3 Å². The molecule has 2 heterocycles. The summed E-state index contributed by atoms with van der Waals surface area (Å²) < 4.78 is 16.2. The quantitative estimate of drug-likeness (QED) is 0.917. The summed E-state index contributed by atoms with van der Waals surface area (Å²) in [5.41, 5.74) is 3.52. The summed E-state index contributed by atoms with van der Waals surface area (Å²) in [5.74, 6) is -0.184. The lowest BCUT2D eigenvalue weighted by atomic mass is 9.72. The van der Waals surface area contributed by atoms with E-state index in [1.54, 1.807) is 12.1 Å². The summed E-state index contributed by atoms with van der Waals surface area (Å²) >= 11 is 3.69. The first-order chi connectivity index (χ1) is 10.1. The van der Waals surface area contributed by atoms with Crippen LogP contribution >= 0.6 is 15.9 Å². The molecule has 1 saturated heterocycles. The predicted molar refractivity (Wildman–Crippen MR) is 84.9 cm³/mol. The number of nitrogens with zero attached hydrogens (tertiary/aromatic N) is 2. The standard InChI is InChI=1S/C16H19BrFN3/c1-3-13-15(17)14(21(2)20-13)8-16(9-19-10-16)11-4-6-12(18)7-5-11/h4-7,19H,3,8-10H2,1-2H3. The van der Waals surface area contributed by atoms with Gasteiger partial charge in [-0.1, -0.05) is 19.1 Å². The molecule has 1 aromatic carbocycles. The van der Waals surface area contributed by atoms with E-state index in [4.69, 9.17) is 0 Å². The third-order valence-electron chi connectivity index (χ3n) is 4.39. The second kappa shape index (κ2) is 5.54. The lowest BCUT2D eigenvalue weighted by molar-refractivity contribution is 0.269. The Morgan fingerprint density at radius 1 is 1.33 bits per heavy atom. The van der Waals surface area contributed by atoms with E-state index in [-0.39, 0.29) is 11.2 Å². The zero-order chi connectivity index (χ0) is 15.0. The minimum Gasteiger partial charge on any atom is -0.315 e. The molecule has 0 bridgehead atoms. The number of benzene rings is 1. The van der Waals surface area contributed by atoms with E-state index < -0.39 is 0 Å². The predicted octanol–water partition coefficient (Wildman–Crippen LogP) is 2.97. The van der Waals surface area contributed by atoms with E-state index in [0.717, 1.165) is 36.1 Å². The Hall–Kier alpha value is -1.20. The van der Waals surface area contributed by atoms with Gasteiger partial charge in [0.1, 0.15) is 5.82 Å². The lowest BCUT2D eigenvalue weighted by Gasteiger charge is -2.43. The van der Waals surface area contributed by atoms with Crippen LogP contribution in [-0.2, 0) is 25.3 Å². The van der Waals surface area contributed by atoms with Crippen molar-refractivity contribution in [1.82, 2.24) is 15.1 Å². The van der Waals surface area contributed by atoms with Gasteiger partial charge >= 0.3 is 0 Å². The zero-order valence-electron chi connectivity index (χ0n) is 12.3. The summed E-state index contributed by atoms with van der Waals surface area (Å²) in [6.07, 6.45) is 1.81. The van der Waals surface area contributed by atoms with Crippen molar-refractivity contribution in [1.29, 1.82) is 0 Å². The maximum atomic E-state index is 13.2.